The average Bonchev–Trinajstić information content (AvgIpc) is 2.01. The molecule has 0 aliphatic rings. The van der Waals surface area contributed by atoms with Crippen molar-refractivity contribution in [3.63, 3.8) is 0 Å². The molecule has 0 heterocycles. The zero-order chi connectivity index (χ0) is 10.7. The molecule has 0 aromatic heterocycles. The van der Waals surface area contributed by atoms with Crippen LogP contribution in [0.3, 0.4) is 0 Å². The smallest absolute Gasteiger partial charge is 0.307 e. The van der Waals surface area contributed by atoms with Crippen molar-refractivity contribution in [2.45, 2.75) is 6.42 Å². The van der Waals surface area contributed by atoms with Crippen LogP contribution in [-0.4, -0.2) is 16.2 Å². The van der Waals surface area contributed by atoms with E-state index in [2.05, 4.69) is 15.9 Å². The molecule has 1 rings (SSSR count). The third-order valence-corrected chi connectivity index (χ3v) is 2.22. The summed E-state index contributed by atoms with van der Waals surface area (Å²) in [6.07, 6.45) is -0.183. The molecule has 0 saturated heterocycles. The van der Waals surface area contributed by atoms with E-state index >= 15 is 0 Å². The number of halogens is 1. The Labute approximate surface area is 88.5 Å². The first-order valence-corrected chi connectivity index (χ1v) is 4.47. The lowest BCUT2D eigenvalue weighted by Gasteiger charge is -2.02. The second kappa shape index (κ2) is 4.11. The lowest BCUT2D eigenvalue weighted by Crippen LogP contribution is -2.00. The average molecular weight is 256 g/mol. The van der Waals surface area contributed by atoms with Crippen LogP contribution in [0, 0.1) is 11.3 Å². The molecule has 1 aromatic carbocycles. The summed E-state index contributed by atoms with van der Waals surface area (Å²) in [6.45, 7) is 0. The van der Waals surface area contributed by atoms with Crippen molar-refractivity contribution in [1.29, 1.82) is 5.26 Å². The van der Waals surface area contributed by atoms with E-state index in [9.17, 15) is 9.90 Å². The molecule has 0 saturated carbocycles. The van der Waals surface area contributed by atoms with Gasteiger partial charge in [-0.05, 0) is 33.6 Å². The van der Waals surface area contributed by atoms with Crippen LogP contribution in [0.2, 0.25) is 0 Å². The highest BCUT2D eigenvalue weighted by Crippen LogP contribution is 2.27. The van der Waals surface area contributed by atoms with E-state index in [1.54, 1.807) is 6.07 Å². The van der Waals surface area contributed by atoms with E-state index in [1.807, 2.05) is 0 Å². The number of hydrogen-bond acceptors (Lipinski definition) is 3. The molecule has 0 fully saturated rings. The predicted molar refractivity (Wildman–Crippen MR) is 51.9 cm³/mol. The van der Waals surface area contributed by atoms with Crippen molar-refractivity contribution in [3.05, 3.63) is 27.7 Å². The van der Waals surface area contributed by atoms with Gasteiger partial charge in [0.1, 0.15) is 17.4 Å². The van der Waals surface area contributed by atoms with Gasteiger partial charge in [-0.15, -0.1) is 0 Å². The zero-order valence-electron chi connectivity index (χ0n) is 6.99. The van der Waals surface area contributed by atoms with Gasteiger partial charge >= 0.3 is 5.97 Å². The highest BCUT2D eigenvalue weighted by Gasteiger charge is 2.09. The fraction of sp³-hybridized carbons (Fsp3) is 0.111. The number of rotatable bonds is 2. The van der Waals surface area contributed by atoms with Gasteiger partial charge in [-0.2, -0.15) is 5.26 Å². The largest absolute Gasteiger partial charge is 0.507 e. The Morgan fingerprint density at radius 2 is 2.21 bits per heavy atom. The summed E-state index contributed by atoms with van der Waals surface area (Å²) >= 11 is 3.07. The predicted octanol–water partition coefficient (Wildman–Crippen LogP) is 1.65. The van der Waals surface area contributed by atoms with Gasteiger partial charge in [-0.25, -0.2) is 0 Å². The molecule has 0 aliphatic heterocycles. The van der Waals surface area contributed by atoms with Crippen LogP contribution >= 0.6 is 15.9 Å². The van der Waals surface area contributed by atoms with Crippen molar-refractivity contribution in [2.24, 2.45) is 0 Å². The molecule has 14 heavy (non-hydrogen) atoms. The number of nitrogens with zero attached hydrogens (tertiary/aromatic N) is 1. The molecule has 72 valence electrons. The van der Waals surface area contributed by atoms with Gasteiger partial charge < -0.3 is 10.2 Å². The molecule has 0 spiro atoms. The number of nitriles is 1. The highest BCUT2D eigenvalue weighted by molar-refractivity contribution is 9.10. The quantitative estimate of drug-likeness (QED) is 0.842. The molecule has 0 amide bonds. The van der Waals surface area contributed by atoms with E-state index in [-0.39, 0.29) is 17.7 Å². The van der Waals surface area contributed by atoms with Crippen LogP contribution < -0.4 is 0 Å². The van der Waals surface area contributed by atoms with Crippen molar-refractivity contribution in [1.82, 2.24) is 0 Å². The first kappa shape index (κ1) is 10.5. The van der Waals surface area contributed by atoms with E-state index in [0.29, 0.717) is 10.0 Å². The summed E-state index contributed by atoms with van der Waals surface area (Å²) in [4.78, 5) is 10.4. The Kier molecular flexibility index (Phi) is 3.10. The topological polar surface area (TPSA) is 81.3 Å². The number of aliphatic carboxylic acids is 1. The van der Waals surface area contributed by atoms with Crippen molar-refractivity contribution < 1.29 is 15.0 Å². The Bertz CT molecular complexity index is 400. The third kappa shape index (κ3) is 2.24. The number of phenolic OH excluding ortho intramolecular Hbond substituents is 1. The van der Waals surface area contributed by atoms with Gasteiger partial charge in [0.15, 0.2) is 0 Å². The number of hydrogen-bond donors (Lipinski definition) is 2. The van der Waals surface area contributed by atoms with E-state index in [0.717, 1.165) is 0 Å². The zero-order valence-corrected chi connectivity index (χ0v) is 8.58. The Morgan fingerprint density at radius 3 is 2.64 bits per heavy atom. The second-order valence-electron chi connectivity index (χ2n) is 2.65. The molecule has 0 aliphatic carbocycles. The standard InChI is InChI=1S/C9H6BrNO3/c10-7-1-5(3-9(13)14)2-8(12)6(7)4-11/h1-2,12H,3H2,(H,13,14). The third-order valence-electron chi connectivity index (χ3n) is 1.60. The minimum absolute atomic E-state index is 0.110. The number of carboxylic acid groups (broad SMARTS) is 1. The molecular weight excluding hydrogens is 250 g/mol. The summed E-state index contributed by atoms with van der Waals surface area (Å²) < 4.78 is 0.399. The van der Waals surface area contributed by atoms with Gasteiger partial charge in [-0.1, -0.05) is 0 Å². The van der Waals surface area contributed by atoms with Crippen LogP contribution in [0.25, 0.3) is 0 Å². The van der Waals surface area contributed by atoms with Crippen LogP contribution in [0.4, 0.5) is 0 Å². The first-order valence-electron chi connectivity index (χ1n) is 3.68. The maximum Gasteiger partial charge on any atom is 0.307 e. The molecule has 0 unspecified atom stereocenters. The van der Waals surface area contributed by atoms with E-state index < -0.39 is 5.97 Å². The summed E-state index contributed by atoms with van der Waals surface area (Å²) in [5.41, 5.74) is 0.556. The molecule has 4 nitrogen and oxygen atoms in total. The summed E-state index contributed by atoms with van der Waals surface area (Å²) in [6, 6.07) is 4.58. The Morgan fingerprint density at radius 1 is 1.57 bits per heavy atom. The lowest BCUT2D eigenvalue weighted by atomic mass is 10.1. The molecule has 0 bridgehead atoms. The van der Waals surface area contributed by atoms with Crippen LogP contribution in [0.1, 0.15) is 11.1 Å². The Hall–Kier alpha value is -1.54. The van der Waals surface area contributed by atoms with Crippen LogP contribution in [0.15, 0.2) is 16.6 Å². The first-order chi connectivity index (χ1) is 6.54. The van der Waals surface area contributed by atoms with Crippen LogP contribution in [0.5, 0.6) is 5.75 Å². The van der Waals surface area contributed by atoms with Crippen molar-refractivity contribution in [3.8, 4) is 11.8 Å². The molecule has 5 heteroatoms. The van der Waals surface area contributed by atoms with Gasteiger partial charge in [0.2, 0.25) is 0 Å². The Balaban J connectivity index is 3.15. The number of phenols is 1. The summed E-state index contributed by atoms with van der Waals surface area (Å²) in [5.74, 6) is -1.20. The van der Waals surface area contributed by atoms with Gasteiger partial charge in [-0.3, -0.25) is 4.79 Å². The SMILES string of the molecule is N#Cc1c(O)cc(CC(=O)O)cc1Br. The maximum absolute atomic E-state index is 10.4. The number of carbonyl (C=O) groups is 1. The van der Waals surface area contributed by atoms with Gasteiger partial charge in [0.05, 0.1) is 6.42 Å². The molecule has 0 atom stereocenters. The molecule has 2 N–H and O–H groups in total. The van der Waals surface area contributed by atoms with E-state index in [1.165, 1.54) is 12.1 Å². The number of carboxylic acids is 1. The lowest BCUT2D eigenvalue weighted by molar-refractivity contribution is -0.136. The minimum atomic E-state index is -0.985. The summed E-state index contributed by atoms with van der Waals surface area (Å²) in [7, 11) is 0. The van der Waals surface area contributed by atoms with Crippen molar-refractivity contribution in [2.75, 3.05) is 0 Å². The van der Waals surface area contributed by atoms with Gasteiger partial charge in [0, 0.05) is 4.47 Å². The fourth-order valence-corrected chi connectivity index (χ4v) is 1.62. The van der Waals surface area contributed by atoms with Gasteiger partial charge in [0.25, 0.3) is 0 Å². The summed E-state index contributed by atoms with van der Waals surface area (Å²) in [5, 5.41) is 26.5. The molecular formula is C9H6BrNO3. The molecule has 0 radical (unpaired) electrons. The fourth-order valence-electron chi connectivity index (χ4n) is 1.03. The van der Waals surface area contributed by atoms with Crippen LogP contribution in [-0.2, 0) is 11.2 Å². The highest BCUT2D eigenvalue weighted by atomic mass is 79.9. The monoisotopic (exact) mass is 255 g/mol. The number of aromatic hydroxyl groups is 1. The normalized spacial score (nSPS) is 9.43. The minimum Gasteiger partial charge on any atom is -0.507 e. The van der Waals surface area contributed by atoms with E-state index in [4.69, 9.17) is 10.4 Å². The molecule has 1 aromatic rings. The maximum atomic E-state index is 10.4. The van der Waals surface area contributed by atoms with Crippen molar-refractivity contribution >= 4 is 21.9 Å². The second-order valence-corrected chi connectivity index (χ2v) is 3.51. The number of benzene rings is 1.